The largest absolute Gasteiger partial charge is 0.208 e. The molecule has 0 N–H and O–H groups in total. The van der Waals surface area contributed by atoms with Crippen LogP contribution >= 0.6 is 0 Å². The van der Waals surface area contributed by atoms with Crippen molar-refractivity contribution >= 4 is 32.3 Å². The van der Waals surface area contributed by atoms with Gasteiger partial charge in [-0.05, 0) is 95.0 Å². The third-order valence-electron chi connectivity index (χ3n) is 11.9. The lowest BCUT2D eigenvalue weighted by Gasteiger charge is -2.21. The van der Waals surface area contributed by atoms with E-state index >= 15 is 0 Å². The van der Waals surface area contributed by atoms with Crippen LogP contribution in [0.3, 0.4) is 0 Å². The third-order valence-corrected chi connectivity index (χ3v) is 11.9. The van der Waals surface area contributed by atoms with Crippen LogP contribution in [-0.4, -0.2) is 15.0 Å². The summed E-state index contributed by atoms with van der Waals surface area (Å²) in [5.74, 6) is 1.93. The van der Waals surface area contributed by atoms with Crippen molar-refractivity contribution in [2.75, 3.05) is 0 Å². The van der Waals surface area contributed by atoms with Gasteiger partial charge in [0.05, 0.1) is 0 Å². The van der Waals surface area contributed by atoms with Gasteiger partial charge >= 0.3 is 0 Å². The molecule has 268 valence electrons. The molecule has 9 aromatic carbocycles. The molecule has 1 aliphatic rings. The van der Waals surface area contributed by atoms with Crippen LogP contribution in [0, 0.1) is 0 Å². The van der Waals surface area contributed by atoms with Crippen molar-refractivity contribution in [2.45, 2.75) is 19.3 Å². The van der Waals surface area contributed by atoms with E-state index in [1.54, 1.807) is 0 Å². The van der Waals surface area contributed by atoms with E-state index in [0.717, 1.165) is 27.8 Å². The van der Waals surface area contributed by atoms with E-state index in [1.165, 1.54) is 65.7 Å². The minimum absolute atomic E-state index is 0.0311. The zero-order valence-electron chi connectivity index (χ0n) is 31.7. The molecule has 1 aromatic heterocycles. The molecule has 0 amide bonds. The smallest absolute Gasteiger partial charge is 0.164 e. The quantitative estimate of drug-likeness (QED) is 0.131. The van der Waals surface area contributed by atoms with Crippen LogP contribution in [0.25, 0.3) is 99.9 Å². The Morgan fingerprint density at radius 1 is 0.333 bits per heavy atom. The number of rotatable bonds is 5. The molecule has 0 spiro atoms. The number of benzene rings is 9. The maximum absolute atomic E-state index is 5.16. The average molecular weight is 728 g/mol. The van der Waals surface area contributed by atoms with E-state index in [-0.39, 0.29) is 5.41 Å². The molecular formula is C54H37N3. The maximum Gasteiger partial charge on any atom is 0.164 e. The molecule has 1 aliphatic carbocycles. The van der Waals surface area contributed by atoms with Crippen LogP contribution in [-0.2, 0) is 5.41 Å². The Morgan fingerprint density at radius 2 is 0.877 bits per heavy atom. The predicted molar refractivity (Wildman–Crippen MR) is 237 cm³/mol. The summed E-state index contributed by atoms with van der Waals surface area (Å²) in [6.45, 7) is 4.64. The minimum Gasteiger partial charge on any atom is -0.208 e. The molecule has 0 saturated heterocycles. The van der Waals surface area contributed by atoms with Gasteiger partial charge < -0.3 is 0 Å². The first kappa shape index (κ1) is 33.1. The molecule has 10 aromatic rings. The highest BCUT2D eigenvalue weighted by Gasteiger charge is 2.35. The first-order valence-corrected chi connectivity index (χ1v) is 19.6. The molecule has 1 heterocycles. The number of hydrogen-bond donors (Lipinski definition) is 0. The topological polar surface area (TPSA) is 38.7 Å². The minimum atomic E-state index is -0.0311. The van der Waals surface area contributed by atoms with Crippen LogP contribution in [0.1, 0.15) is 25.0 Å². The predicted octanol–water partition coefficient (Wildman–Crippen LogP) is 14.0. The number of fused-ring (bicyclic) bond motifs is 7. The van der Waals surface area contributed by atoms with Gasteiger partial charge in [-0.3, -0.25) is 0 Å². The van der Waals surface area contributed by atoms with E-state index in [9.17, 15) is 0 Å². The molecule has 0 fully saturated rings. The van der Waals surface area contributed by atoms with Crippen molar-refractivity contribution in [3.63, 3.8) is 0 Å². The molecule has 0 atom stereocenters. The van der Waals surface area contributed by atoms with Gasteiger partial charge in [0.1, 0.15) is 0 Å². The van der Waals surface area contributed by atoms with Gasteiger partial charge in [0.25, 0.3) is 0 Å². The maximum atomic E-state index is 5.16. The molecule has 3 nitrogen and oxygen atoms in total. The number of nitrogens with zero attached hydrogens (tertiary/aromatic N) is 3. The van der Waals surface area contributed by atoms with Crippen molar-refractivity contribution in [1.29, 1.82) is 0 Å². The van der Waals surface area contributed by atoms with Gasteiger partial charge in [-0.2, -0.15) is 0 Å². The lowest BCUT2D eigenvalue weighted by atomic mass is 9.82. The number of hydrogen-bond acceptors (Lipinski definition) is 3. The second kappa shape index (κ2) is 12.9. The Balaban J connectivity index is 1.03. The summed E-state index contributed by atoms with van der Waals surface area (Å²) in [4.78, 5) is 15.3. The summed E-state index contributed by atoms with van der Waals surface area (Å²) in [5, 5.41) is 7.45. The van der Waals surface area contributed by atoms with E-state index in [2.05, 4.69) is 184 Å². The highest BCUT2D eigenvalue weighted by Crippen LogP contribution is 2.49. The second-order valence-corrected chi connectivity index (χ2v) is 15.6. The van der Waals surface area contributed by atoms with E-state index in [4.69, 9.17) is 15.0 Å². The van der Waals surface area contributed by atoms with Crippen LogP contribution in [0.4, 0.5) is 0 Å². The number of aromatic nitrogens is 3. The summed E-state index contributed by atoms with van der Waals surface area (Å²) in [7, 11) is 0. The molecule has 11 rings (SSSR count). The van der Waals surface area contributed by atoms with Crippen LogP contribution < -0.4 is 0 Å². The van der Waals surface area contributed by atoms with Crippen molar-refractivity contribution in [1.82, 2.24) is 15.0 Å². The highest BCUT2D eigenvalue weighted by atomic mass is 15.0. The van der Waals surface area contributed by atoms with E-state index < -0.39 is 0 Å². The van der Waals surface area contributed by atoms with Gasteiger partial charge in [-0.15, -0.1) is 0 Å². The van der Waals surface area contributed by atoms with Crippen LogP contribution in [0.2, 0.25) is 0 Å². The van der Waals surface area contributed by atoms with Gasteiger partial charge in [0.2, 0.25) is 0 Å². The summed E-state index contributed by atoms with van der Waals surface area (Å²) in [6, 6.07) is 67.4. The third kappa shape index (κ3) is 5.46. The lowest BCUT2D eigenvalue weighted by Crippen LogP contribution is -2.14. The van der Waals surface area contributed by atoms with Gasteiger partial charge in [0.15, 0.2) is 17.5 Å². The molecule has 0 aliphatic heterocycles. The first-order chi connectivity index (χ1) is 28.0. The van der Waals surface area contributed by atoms with Crippen LogP contribution in [0.15, 0.2) is 188 Å². The Hall–Kier alpha value is -7.23. The van der Waals surface area contributed by atoms with E-state index in [1.807, 2.05) is 18.2 Å². The Morgan fingerprint density at radius 3 is 1.68 bits per heavy atom. The van der Waals surface area contributed by atoms with Crippen LogP contribution in [0.5, 0.6) is 0 Å². The SMILES string of the molecule is CC1(C)c2ccccc2-c2cc(-c3cccc(-c4nc(-c5ccccc5)nc(-c5ccc(-c6c7ccccc7cc7ccc8ccccc8c67)cc5)n4)c3)ccc21. The molecule has 0 radical (unpaired) electrons. The summed E-state index contributed by atoms with van der Waals surface area (Å²) in [5.41, 5.74) is 12.9. The van der Waals surface area contributed by atoms with E-state index in [0.29, 0.717) is 17.5 Å². The molecule has 0 saturated carbocycles. The monoisotopic (exact) mass is 727 g/mol. The molecule has 57 heavy (non-hydrogen) atoms. The zero-order chi connectivity index (χ0) is 38.1. The van der Waals surface area contributed by atoms with Crippen molar-refractivity contribution in [3.8, 4) is 67.5 Å². The van der Waals surface area contributed by atoms with Gasteiger partial charge in [-0.1, -0.05) is 184 Å². The first-order valence-electron chi connectivity index (χ1n) is 19.6. The Bertz CT molecular complexity index is 3200. The zero-order valence-corrected chi connectivity index (χ0v) is 31.7. The summed E-state index contributed by atoms with van der Waals surface area (Å²) < 4.78 is 0. The molecular weight excluding hydrogens is 691 g/mol. The summed E-state index contributed by atoms with van der Waals surface area (Å²) in [6.07, 6.45) is 0. The Kier molecular flexibility index (Phi) is 7.52. The fraction of sp³-hybridized carbons (Fsp3) is 0.0556. The Labute approximate surface area is 332 Å². The average Bonchev–Trinajstić information content (AvgIpc) is 3.51. The van der Waals surface area contributed by atoms with Crippen molar-refractivity contribution in [3.05, 3.63) is 199 Å². The lowest BCUT2D eigenvalue weighted by molar-refractivity contribution is 0.660. The fourth-order valence-electron chi connectivity index (χ4n) is 9.01. The standard InChI is InChI=1S/C54H37N3/c1-54(2)47-22-11-10-21-45(47)46-33-39(29-30-48(46)54)38-17-12-18-42(31-38)53-56-51(36-14-4-3-5-15-36)55-52(57-53)37-26-24-35(25-27-37)49-44-20-9-7-16-40(44)32-41-28-23-34-13-6-8-19-43(34)50(41)49/h3-33H,1-2H3. The van der Waals surface area contributed by atoms with Crippen molar-refractivity contribution in [2.24, 2.45) is 0 Å². The normalized spacial score (nSPS) is 12.9. The van der Waals surface area contributed by atoms with Gasteiger partial charge in [-0.25, -0.2) is 15.0 Å². The summed E-state index contributed by atoms with van der Waals surface area (Å²) >= 11 is 0. The molecule has 3 heteroatoms. The second-order valence-electron chi connectivity index (χ2n) is 15.6. The van der Waals surface area contributed by atoms with Crippen molar-refractivity contribution < 1.29 is 0 Å². The fourth-order valence-corrected chi connectivity index (χ4v) is 9.01. The highest BCUT2D eigenvalue weighted by molar-refractivity contribution is 6.22. The van der Waals surface area contributed by atoms with Gasteiger partial charge in [0, 0.05) is 22.1 Å². The molecule has 0 unspecified atom stereocenters. The molecule has 0 bridgehead atoms.